The molecule has 122 valence electrons. The average Bonchev–Trinajstić information content (AvgIpc) is 2.78. The first kappa shape index (κ1) is 16.8. The molecule has 23 heavy (non-hydrogen) atoms. The van der Waals surface area contributed by atoms with E-state index in [1.165, 1.54) is 12.4 Å². The molecular formula is C12H13ClN6O4. The monoisotopic (exact) mass is 340 g/mol. The molecule has 10 nitrogen and oxygen atoms in total. The van der Waals surface area contributed by atoms with Gasteiger partial charge in [0.2, 0.25) is 0 Å². The molecule has 1 unspecified atom stereocenters. The molecule has 0 spiro atoms. The van der Waals surface area contributed by atoms with Crippen molar-refractivity contribution in [2.45, 2.75) is 19.6 Å². The van der Waals surface area contributed by atoms with E-state index in [0.717, 1.165) is 8.97 Å². The summed E-state index contributed by atoms with van der Waals surface area (Å²) in [4.78, 5) is 31.0. The number of esters is 1. The number of fused-ring (bicyclic) bond motifs is 1. The highest BCUT2D eigenvalue weighted by Gasteiger charge is 2.23. The number of rotatable bonds is 6. The summed E-state index contributed by atoms with van der Waals surface area (Å²) < 4.78 is 7.13. The van der Waals surface area contributed by atoms with Gasteiger partial charge in [-0.3, -0.25) is 8.97 Å². The minimum Gasteiger partial charge on any atom is -0.461 e. The highest BCUT2D eigenvalue weighted by atomic mass is 35.5. The van der Waals surface area contributed by atoms with Crippen molar-refractivity contribution in [3.8, 4) is 0 Å². The van der Waals surface area contributed by atoms with E-state index in [1.807, 2.05) is 0 Å². The van der Waals surface area contributed by atoms with Gasteiger partial charge in [0, 0.05) is 4.91 Å². The zero-order valence-electron chi connectivity index (χ0n) is 12.1. The Morgan fingerprint density at radius 2 is 2.39 bits per heavy atom. The molecule has 0 aromatic carbocycles. The lowest BCUT2D eigenvalue weighted by atomic mass is 10.3. The van der Waals surface area contributed by atoms with Crippen molar-refractivity contribution in [3.63, 3.8) is 0 Å². The van der Waals surface area contributed by atoms with Crippen molar-refractivity contribution in [3.05, 3.63) is 44.2 Å². The van der Waals surface area contributed by atoms with Crippen molar-refractivity contribution in [2.24, 2.45) is 5.11 Å². The van der Waals surface area contributed by atoms with Crippen LogP contribution in [0.3, 0.4) is 0 Å². The summed E-state index contributed by atoms with van der Waals surface area (Å²) in [5, 5.41) is 13.2. The minimum atomic E-state index is -1.14. The average molecular weight is 341 g/mol. The second-order valence-corrected chi connectivity index (χ2v) is 4.88. The molecule has 11 heteroatoms. The molecule has 1 atom stereocenters. The molecule has 2 aromatic rings. The number of nitrogens with zero attached hydrogens (tertiary/aromatic N) is 6. The predicted octanol–water partition coefficient (Wildman–Crippen LogP) is 0.997. The second kappa shape index (κ2) is 7.14. The molecular weight excluding hydrogens is 328 g/mol. The fraction of sp³-hybridized carbons (Fsp3) is 0.417. The Kier molecular flexibility index (Phi) is 5.22. The van der Waals surface area contributed by atoms with Crippen LogP contribution < -0.4 is 5.69 Å². The van der Waals surface area contributed by atoms with Crippen LogP contribution in [0.1, 0.15) is 17.4 Å². The Labute approximate surface area is 134 Å². The molecule has 0 saturated heterocycles. The first-order valence-corrected chi connectivity index (χ1v) is 6.99. The molecule has 2 rings (SSSR count). The smallest absolute Gasteiger partial charge is 0.357 e. The van der Waals surface area contributed by atoms with Gasteiger partial charge in [0.15, 0.2) is 5.69 Å². The van der Waals surface area contributed by atoms with Crippen molar-refractivity contribution in [1.82, 2.24) is 14.0 Å². The second-order valence-electron chi connectivity index (χ2n) is 4.49. The number of azide groups is 1. The van der Waals surface area contributed by atoms with Crippen LogP contribution in [0.15, 0.2) is 22.3 Å². The number of carbonyl (C=O) groups is 1. The van der Waals surface area contributed by atoms with E-state index in [-0.39, 0.29) is 36.1 Å². The normalized spacial score (nSPS) is 12.0. The maximum absolute atomic E-state index is 12.4. The molecule has 0 aliphatic carbocycles. The van der Waals surface area contributed by atoms with Gasteiger partial charge in [-0.2, -0.15) is 0 Å². The largest absolute Gasteiger partial charge is 0.461 e. The number of aromatic nitrogens is 3. The highest BCUT2D eigenvalue weighted by Crippen LogP contribution is 2.14. The Balaban J connectivity index is 2.58. The lowest BCUT2D eigenvalue weighted by molar-refractivity contribution is 0.0511. The van der Waals surface area contributed by atoms with Gasteiger partial charge >= 0.3 is 11.7 Å². The van der Waals surface area contributed by atoms with Crippen LogP contribution in [0.5, 0.6) is 0 Å². The van der Waals surface area contributed by atoms with Gasteiger partial charge in [0.25, 0.3) is 0 Å². The third-order valence-corrected chi connectivity index (χ3v) is 3.17. The number of aliphatic hydroxyl groups excluding tert-OH is 1. The summed E-state index contributed by atoms with van der Waals surface area (Å²) in [6.07, 6.45) is 1.39. The Bertz CT molecular complexity index is 838. The van der Waals surface area contributed by atoms with Gasteiger partial charge in [-0.15, -0.1) is 0 Å². The van der Waals surface area contributed by atoms with E-state index in [1.54, 1.807) is 6.92 Å². The number of carbonyl (C=O) groups excluding carboxylic acids is 1. The summed E-state index contributed by atoms with van der Waals surface area (Å²) >= 11 is 5.77. The van der Waals surface area contributed by atoms with Crippen LogP contribution in [0, 0.1) is 0 Å². The maximum Gasteiger partial charge on any atom is 0.357 e. The Hall–Kier alpha value is -2.55. The molecule has 0 fully saturated rings. The van der Waals surface area contributed by atoms with Crippen molar-refractivity contribution >= 4 is 23.1 Å². The number of aliphatic hydroxyl groups is 1. The first-order valence-electron chi connectivity index (χ1n) is 6.62. The topological polar surface area (TPSA) is 135 Å². The molecule has 0 saturated carbocycles. The number of hydrogen-bond donors (Lipinski definition) is 1. The number of hydrogen-bond acceptors (Lipinski definition) is 6. The Morgan fingerprint density at radius 1 is 1.65 bits per heavy atom. The van der Waals surface area contributed by atoms with Gasteiger partial charge in [-0.25, -0.2) is 14.6 Å². The van der Waals surface area contributed by atoms with Crippen molar-refractivity contribution < 1.29 is 14.6 Å². The van der Waals surface area contributed by atoms with Crippen molar-refractivity contribution in [2.75, 3.05) is 13.2 Å². The van der Waals surface area contributed by atoms with Crippen LogP contribution in [-0.2, 0) is 11.3 Å². The minimum absolute atomic E-state index is 0.0546. The van der Waals surface area contributed by atoms with E-state index < -0.39 is 17.8 Å². The summed E-state index contributed by atoms with van der Waals surface area (Å²) in [7, 11) is 0. The van der Waals surface area contributed by atoms with Gasteiger partial charge < -0.3 is 9.84 Å². The fourth-order valence-electron chi connectivity index (χ4n) is 2.07. The van der Waals surface area contributed by atoms with Gasteiger partial charge in [-0.1, -0.05) is 16.7 Å². The van der Waals surface area contributed by atoms with E-state index in [0.29, 0.717) is 0 Å². The predicted molar refractivity (Wildman–Crippen MR) is 80.4 cm³/mol. The third kappa shape index (κ3) is 3.45. The van der Waals surface area contributed by atoms with E-state index >= 15 is 0 Å². The molecule has 0 aliphatic heterocycles. The highest BCUT2D eigenvalue weighted by molar-refractivity contribution is 6.29. The van der Waals surface area contributed by atoms with Crippen LogP contribution >= 0.6 is 11.6 Å². The molecule has 0 aliphatic rings. The van der Waals surface area contributed by atoms with Crippen LogP contribution in [0.25, 0.3) is 16.0 Å². The number of imidazole rings is 1. The molecule has 0 radical (unpaired) electrons. The van der Waals surface area contributed by atoms with Crippen LogP contribution in [0.4, 0.5) is 0 Å². The fourth-order valence-corrected chi connectivity index (χ4v) is 2.22. The number of halogens is 1. The lowest BCUT2D eigenvalue weighted by Gasteiger charge is -2.10. The van der Waals surface area contributed by atoms with Gasteiger partial charge in [0.1, 0.15) is 5.15 Å². The lowest BCUT2D eigenvalue weighted by Crippen LogP contribution is -2.30. The number of ether oxygens (including phenoxy) is 1. The molecule has 0 amide bonds. The van der Waals surface area contributed by atoms with Gasteiger partial charge in [-0.05, 0) is 12.5 Å². The van der Waals surface area contributed by atoms with E-state index in [4.69, 9.17) is 21.9 Å². The standard InChI is InChI=1S/C12H13ClN6O4/c1-2-23-11(21)10-8-4-15-9(13)6-18(8)12(22)19(10)5-7(20)3-16-17-14/h4,6-7,20H,2-3,5H2,1H3. The first-order chi connectivity index (χ1) is 11.0. The SMILES string of the molecule is CCOC(=O)c1c2cnc(Cl)cn2c(=O)n1CC(O)CN=[N+]=[N-]. The summed E-state index contributed by atoms with van der Waals surface area (Å²) in [5.41, 5.74) is 7.83. The third-order valence-electron chi connectivity index (χ3n) is 2.97. The zero-order valence-corrected chi connectivity index (χ0v) is 12.8. The van der Waals surface area contributed by atoms with E-state index in [9.17, 15) is 14.7 Å². The quantitative estimate of drug-likeness (QED) is 0.362. The molecule has 1 N–H and O–H groups in total. The maximum atomic E-state index is 12.4. The van der Waals surface area contributed by atoms with E-state index in [2.05, 4.69) is 15.0 Å². The van der Waals surface area contributed by atoms with Crippen molar-refractivity contribution in [1.29, 1.82) is 0 Å². The molecule has 0 bridgehead atoms. The summed E-state index contributed by atoms with van der Waals surface area (Å²) in [6, 6.07) is 0. The molecule has 2 heterocycles. The molecule has 2 aromatic heterocycles. The summed E-state index contributed by atoms with van der Waals surface area (Å²) in [5.74, 6) is -0.729. The van der Waals surface area contributed by atoms with Crippen LogP contribution in [0.2, 0.25) is 5.15 Å². The van der Waals surface area contributed by atoms with Crippen LogP contribution in [-0.4, -0.2) is 44.3 Å². The zero-order chi connectivity index (χ0) is 17.0. The van der Waals surface area contributed by atoms with Gasteiger partial charge in [0.05, 0.1) is 43.7 Å². The Morgan fingerprint density at radius 3 is 3.04 bits per heavy atom. The summed E-state index contributed by atoms with van der Waals surface area (Å²) in [6.45, 7) is 1.26.